The second-order valence-corrected chi connectivity index (χ2v) is 7.61. The van der Waals surface area contributed by atoms with E-state index in [1.165, 1.54) is 12.8 Å². The summed E-state index contributed by atoms with van der Waals surface area (Å²) in [4.78, 5) is 11.8. The Morgan fingerprint density at radius 1 is 1.19 bits per heavy atom. The van der Waals surface area contributed by atoms with Gasteiger partial charge in [-0.05, 0) is 65.2 Å². The molecule has 0 radical (unpaired) electrons. The highest BCUT2D eigenvalue weighted by Crippen LogP contribution is 2.33. The first kappa shape index (κ1) is 16.6. The van der Waals surface area contributed by atoms with Crippen molar-refractivity contribution < 1.29 is 9.53 Å². The molecule has 4 N–H and O–H groups in total. The summed E-state index contributed by atoms with van der Waals surface area (Å²) in [6, 6.07) is 1.30. The first-order valence-corrected chi connectivity index (χ1v) is 8.32. The third-order valence-corrected chi connectivity index (χ3v) is 4.28. The Labute approximate surface area is 128 Å². The highest BCUT2D eigenvalue weighted by atomic mass is 16.6. The topological polar surface area (TPSA) is 76.4 Å². The van der Waals surface area contributed by atoms with Crippen LogP contribution in [0.1, 0.15) is 59.3 Å². The van der Waals surface area contributed by atoms with Gasteiger partial charge >= 0.3 is 6.09 Å². The van der Waals surface area contributed by atoms with Gasteiger partial charge in [-0.3, -0.25) is 0 Å². The Bertz CT molecular complexity index is 342. The molecule has 0 saturated heterocycles. The molecule has 0 aliphatic heterocycles. The van der Waals surface area contributed by atoms with E-state index in [2.05, 4.69) is 10.6 Å². The predicted octanol–water partition coefficient (Wildman–Crippen LogP) is 2.15. The number of nitrogens with two attached hydrogens (primary N) is 1. The molecule has 1 unspecified atom stereocenters. The van der Waals surface area contributed by atoms with E-state index in [9.17, 15) is 4.79 Å². The quantitative estimate of drug-likeness (QED) is 0.727. The van der Waals surface area contributed by atoms with Gasteiger partial charge in [-0.1, -0.05) is 0 Å². The number of hydrogen-bond donors (Lipinski definition) is 3. The summed E-state index contributed by atoms with van der Waals surface area (Å²) in [5.41, 5.74) is 5.52. The summed E-state index contributed by atoms with van der Waals surface area (Å²) in [7, 11) is 0. The SMILES string of the molecule is CC(C)(C)OC(=O)NCC(NC1CCC(N)CC1)C1CC1. The molecule has 2 aliphatic carbocycles. The van der Waals surface area contributed by atoms with Crippen molar-refractivity contribution in [2.24, 2.45) is 11.7 Å². The van der Waals surface area contributed by atoms with Gasteiger partial charge in [0, 0.05) is 24.7 Å². The smallest absolute Gasteiger partial charge is 0.407 e. The van der Waals surface area contributed by atoms with Crippen molar-refractivity contribution in [2.45, 2.75) is 83.0 Å². The molecular weight excluding hydrogens is 266 g/mol. The molecule has 1 atom stereocenters. The molecule has 21 heavy (non-hydrogen) atoms. The fourth-order valence-electron chi connectivity index (χ4n) is 2.96. The number of rotatable bonds is 5. The lowest BCUT2D eigenvalue weighted by Gasteiger charge is -2.31. The minimum absolute atomic E-state index is 0.319. The van der Waals surface area contributed by atoms with Gasteiger partial charge in [-0.25, -0.2) is 4.79 Å². The Hall–Kier alpha value is -0.810. The molecule has 2 aliphatic rings. The second-order valence-electron chi connectivity index (χ2n) is 7.61. The minimum atomic E-state index is -0.438. The summed E-state index contributed by atoms with van der Waals surface area (Å²) < 4.78 is 5.30. The van der Waals surface area contributed by atoms with Crippen LogP contribution in [0.5, 0.6) is 0 Å². The molecule has 2 saturated carbocycles. The average Bonchev–Trinajstić information content (AvgIpc) is 3.19. The number of nitrogens with one attached hydrogen (secondary N) is 2. The number of ether oxygens (including phenoxy) is 1. The van der Waals surface area contributed by atoms with Crippen LogP contribution in [0.15, 0.2) is 0 Å². The molecule has 0 aromatic rings. The number of hydrogen-bond acceptors (Lipinski definition) is 4. The van der Waals surface area contributed by atoms with E-state index < -0.39 is 5.60 Å². The van der Waals surface area contributed by atoms with E-state index in [0.717, 1.165) is 25.7 Å². The zero-order chi connectivity index (χ0) is 15.5. The first-order chi connectivity index (χ1) is 9.83. The summed E-state index contributed by atoms with van der Waals surface area (Å²) in [6.45, 7) is 6.31. The van der Waals surface area contributed by atoms with Crippen LogP contribution in [0.2, 0.25) is 0 Å². The lowest BCUT2D eigenvalue weighted by atomic mass is 9.91. The summed E-state index contributed by atoms with van der Waals surface area (Å²) >= 11 is 0. The van der Waals surface area contributed by atoms with Crippen LogP contribution >= 0.6 is 0 Å². The van der Waals surface area contributed by atoms with E-state index in [1.54, 1.807) is 0 Å². The summed E-state index contributed by atoms with van der Waals surface area (Å²) in [5, 5.41) is 6.64. The van der Waals surface area contributed by atoms with Crippen molar-refractivity contribution in [1.29, 1.82) is 0 Å². The van der Waals surface area contributed by atoms with Crippen LogP contribution in [-0.4, -0.2) is 36.4 Å². The normalized spacial score (nSPS) is 28.0. The molecular formula is C16H31N3O2. The third-order valence-electron chi connectivity index (χ3n) is 4.28. The molecule has 1 amide bonds. The van der Waals surface area contributed by atoms with Gasteiger partial charge in [0.15, 0.2) is 0 Å². The molecule has 2 rings (SSSR count). The van der Waals surface area contributed by atoms with Crippen LogP contribution < -0.4 is 16.4 Å². The molecule has 2 fully saturated rings. The van der Waals surface area contributed by atoms with Gasteiger partial charge in [-0.2, -0.15) is 0 Å². The van der Waals surface area contributed by atoms with Gasteiger partial charge in [-0.15, -0.1) is 0 Å². The first-order valence-electron chi connectivity index (χ1n) is 8.32. The molecule has 0 aromatic carbocycles. The van der Waals surface area contributed by atoms with Crippen LogP contribution in [0.4, 0.5) is 4.79 Å². The zero-order valence-electron chi connectivity index (χ0n) is 13.7. The molecule has 5 heteroatoms. The maximum Gasteiger partial charge on any atom is 0.407 e. The monoisotopic (exact) mass is 297 g/mol. The standard InChI is InChI=1S/C16H31N3O2/c1-16(2,3)21-15(20)18-10-14(11-4-5-11)19-13-8-6-12(17)7-9-13/h11-14,19H,4-10,17H2,1-3H3,(H,18,20). The van der Waals surface area contributed by atoms with Gasteiger partial charge < -0.3 is 21.1 Å². The highest BCUT2D eigenvalue weighted by molar-refractivity contribution is 5.67. The fourth-order valence-corrected chi connectivity index (χ4v) is 2.96. The van der Waals surface area contributed by atoms with Gasteiger partial charge in [0.05, 0.1) is 0 Å². The average molecular weight is 297 g/mol. The van der Waals surface area contributed by atoms with Crippen molar-refractivity contribution in [2.75, 3.05) is 6.54 Å². The molecule has 0 aromatic heterocycles. The molecule has 122 valence electrons. The van der Waals surface area contributed by atoms with Gasteiger partial charge in [0.1, 0.15) is 5.60 Å². The second kappa shape index (κ2) is 6.97. The predicted molar refractivity (Wildman–Crippen MR) is 84.1 cm³/mol. The fraction of sp³-hybridized carbons (Fsp3) is 0.938. The van der Waals surface area contributed by atoms with Crippen molar-refractivity contribution in [3.05, 3.63) is 0 Å². The Kier molecular flexibility index (Phi) is 5.49. The largest absolute Gasteiger partial charge is 0.444 e. The van der Waals surface area contributed by atoms with E-state index in [4.69, 9.17) is 10.5 Å². The molecule has 5 nitrogen and oxygen atoms in total. The van der Waals surface area contributed by atoms with E-state index in [0.29, 0.717) is 30.6 Å². The van der Waals surface area contributed by atoms with E-state index in [-0.39, 0.29) is 6.09 Å². The number of amides is 1. The van der Waals surface area contributed by atoms with Crippen molar-refractivity contribution in [1.82, 2.24) is 10.6 Å². The van der Waals surface area contributed by atoms with Crippen molar-refractivity contribution >= 4 is 6.09 Å². The molecule has 0 spiro atoms. The van der Waals surface area contributed by atoms with Gasteiger partial charge in [0.2, 0.25) is 0 Å². The summed E-state index contributed by atoms with van der Waals surface area (Å²) in [6.07, 6.45) is 6.72. The van der Waals surface area contributed by atoms with Crippen molar-refractivity contribution in [3.8, 4) is 0 Å². The van der Waals surface area contributed by atoms with E-state index >= 15 is 0 Å². The Balaban J connectivity index is 1.73. The Morgan fingerprint density at radius 3 is 2.33 bits per heavy atom. The van der Waals surface area contributed by atoms with Crippen LogP contribution in [0, 0.1) is 5.92 Å². The number of alkyl carbamates (subject to hydrolysis) is 1. The van der Waals surface area contributed by atoms with Crippen LogP contribution in [0.3, 0.4) is 0 Å². The lowest BCUT2D eigenvalue weighted by molar-refractivity contribution is 0.0519. The lowest BCUT2D eigenvalue weighted by Crippen LogP contribution is -2.49. The number of carbonyl (C=O) groups excluding carboxylic acids is 1. The summed E-state index contributed by atoms with van der Waals surface area (Å²) in [5.74, 6) is 0.704. The van der Waals surface area contributed by atoms with E-state index in [1.807, 2.05) is 20.8 Å². The molecule has 0 heterocycles. The van der Waals surface area contributed by atoms with Crippen molar-refractivity contribution in [3.63, 3.8) is 0 Å². The zero-order valence-corrected chi connectivity index (χ0v) is 13.7. The van der Waals surface area contributed by atoms with Crippen LogP contribution in [-0.2, 0) is 4.74 Å². The van der Waals surface area contributed by atoms with Gasteiger partial charge in [0.25, 0.3) is 0 Å². The number of carbonyl (C=O) groups is 1. The maximum atomic E-state index is 11.8. The minimum Gasteiger partial charge on any atom is -0.444 e. The molecule has 0 bridgehead atoms. The maximum absolute atomic E-state index is 11.8. The van der Waals surface area contributed by atoms with Crippen LogP contribution in [0.25, 0.3) is 0 Å². The third kappa shape index (κ3) is 6.22. The Morgan fingerprint density at radius 2 is 1.81 bits per heavy atom. The highest BCUT2D eigenvalue weighted by Gasteiger charge is 2.33.